The van der Waals surface area contributed by atoms with E-state index in [0.717, 1.165) is 31.7 Å². The highest BCUT2D eigenvalue weighted by atomic mass is 32.2. The molecule has 5 heteroatoms. The molecule has 0 spiro atoms. The Kier molecular flexibility index (Phi) is 5.04. The highest BCUT2D eigenvalue weighted by molar-refractivity contribution is 7.90. The van der Waals surface area contributed by atoms with Crippen LogP contribution in [0.4, 0.5) is 0 Å². The Morgan fingerprint density at radius 2 is 1.89 bits per heavy atom. The second-order valence-corrected chi connectivity index (χ2v) is 7.78. The van der Waals surface area contributed by atoms with Crippen LogP contribution in [-0.4, -0.2) is 32.8 Å². The number of hydrogen-bond donors (Lipinski definition) is 2. The van der Waals surface area contributed by atoms with Crippen molar-refractivity contribution < 1.29 is 8.42 Å². The van der Waals surface area contributed by atoms with Crippen molar-refractivity contribution in [1.29, 1.82) is 0 Å². The molecule has 0 bridgehead atoms. The molecule has 1 unspecified atom stereocenters. The van der Waals surface area contributed by atoms with Gasteiger partial charge >= 0.3 is 0 Å². The Hall–Kier alpha value is -0.130. The third-order valence-corrected chi connectivity index (χ3v) is 6.27. The summed E-state index contributed by atoms with van der Waals surface area (Å²) in [7, 11) is -3.10. The molecular formula is C13H26N2O2S. The molecule has 1 saturated carbocycles. The minimum Gasteiger partial charge on any atom is -0.315 e. The van der Waals surface area contributed by atoms with Crippen LogP contribution in [0.2, 0.25) is 0 Å². The van der Waals surface area contributed by atoms with Gasteiger partial charge in [0.1, 0.15) is 0 Å². The molecular weight excluding hydrogens is 248 g/mol. The Morgan fingerprint density at radius 1 is 1.17 bits per heavy atom. The molecule has 1 heterocycles. The molecule has 0 amide bonds. The maximum absolute atomic E-state index is 12.2. The Balaban J connectivity index is 1.80. The average molecular weight is 274 g/mol. The van der Waals surface area contributed by atoms with Crippen molar-refractivity contribution in [3.63, 3.8) is 0 Å². The summed E-state index contributed by atoms with van der Waals surface area (Å²) in [4.78, 5) is 0. The van der Waals surface area contributed by atoms with E-state index in [4.69, 9.17) is 0 Å². The highest BCUT2D eigenvalue weighted by Crippen LogP contribution is 2.28. The molecule has 2 rings (SSSR count). The van der Waals surface area contributed by atoms with E-state index in [9.17, 15) is 8.42 Å². The lowest BCUT2D eigenvalue weighted by Crippen LogP contribution is -2.43. The number of rotatable bonds is 5. The molecule has 1 aliphatic heterocycles. The van der Waals surface area contributed by atoms with E-state index < -0.39 is 10.0 Å². The Labute approximate surface area is 111 Å². The second-order valence-electron chi connectivity index (χ2n) is 5.78. The van der Waals surface area contributed by atoms with Crippen LogP contribution in [0.25, 0.3) is 0 Å². The van der Waals surface area contributed by atoms with Crippen molar-refractivity contribution in [1.82, 2.24) is 10.0 Å². The normalized spacial score (nSPS) is 33.7. The quantitative estimate of drug-likeness (QED) is 0.801. The summed E-state index contributed by atoms with van der Waals surface area (Å²) in [6, 6.07) is 0.184. The van der Waals surface area contributed by atoms with Crippen LogP contribution in [0.5, 0.6) is 0 Å². The minimum atomic E-state index is -3.10. The van der Waals surface area contributed by atoms with E-state index in [1.54, 1.807) is 0 Å². The van der Waals surface area contributed by atoms with Crippen LogP contribution in [0.1, 0.15) is 51.9 Å². The summed E-state index contributed by atoms with van der Waals surface area (Å²) in [6.45, 7) is 3.66. The van der Waals surface area contributed by atoms with Gasteiger partial charge in [0.25, 0.3) is 0 Å². The molecule has 2 aliphatic rings. The standard InChI is InChI=1S/C13H26N2O2S/c1-2-3-11-4-6-12(7-5-11)15-18(16,17)13-8-9-14-10-13/h11-15H,2-10H2,1H3. The van der Waals surface area contributed by atoms with Crippen LogP contribution in [-0.2, 0) is 10.0 Å². The second kappa shape index (κ2) is 6.35. The van der Waals surface area contributed by atoms with E-state index in [-0.39, 0.29) is 11.3 Å². The van der Waals surface area contributed by atoms with Gasteiger partial charge in [-0.25, -0.2) is 13.1 Å². The molecule has 4 nitrogen and oxygen atoms in total. The van der Waals surface area contributed by atoms with Crippen molar-refractivity contribution in [2.45, 2.75) is 63.2 Å². The summed E-state index contributed by atoms with van der Waals surface area (Å²) >= 11 is 0. The number of hydrogen-bond acceptors (Lipinski definition) is 3. The third-order valence-electron chi connectivity index (χ3n) is 4.33. The van der Waals surface area contributed by atoms with Crippen molar-refractivity contribution in [2.75, 3.05) is 13.1 Å². The minimum absolute atomic E-state index is 0.184. The van der Waals surface area contributed by atoms with E-state index in [1.807, 2.05) is 0 Å². The van der Waals surface area contributed by atoms with Gasteiger partial charge in [0, 0.05) is 12.6 Å². The van der Waals surface area contributed by atoms with Crippen LogP contribution < -0.4 is 10.0 Å². The van der Waals surface area contributed by atoms with Crippen molar-refractivity contribution >= 4 is 10.0 Å². The maximum Gasteiger partial charge on any atom is 0.216 e. The van der Waals surface area contributed by atoms with E-state index in [0.29, 0.717) is 6.54 Å². The predicted molar refractivity (Wildman–Crippen MR) is 74.0 cm³/mol. The van der Waals surface area contributed by atoms with E-state index >= 15 is 0 Å². The summed E-state index contributed by atoms with van der Waals surface area (Å²) in [5.74, 6) is 0.823. The van der Waals surface area contributed by atoms with Gasteiger partial charge < -0.3 is 5.32 Å². The SMILES string of the molecule is CCCC1CCC(NS(=O)(=O)C2CCNC2)CC1. The van der Waals surface area contributed by atoms with Gasteiger partial charge in [-0.05, 0) is 44.6 Å². The van der Waals surface area contributed by atoms with E-state index in [2.05, 4.69) is 17.0 Å². The maximum atomic E-state index is 12.2. The molecule has 106 valence electrons. The molecule has 0 aromatic heterocycles. The first-order valence-corrected chi connectivity index (χ1v) is 8.88. The zero-order valence-corrected chi connectivity index (χ0v) is 12.1. The first-order valence-electron chi connectivity index (χ1n) is 7.33. The summed E-state index contributed by atoms with van der Waals surface area (Å²) < 4.78 is 27.2. The van der Waals surface area contributed by atoms with Crippen molar-refractivity contribution in [3.8, 4) is 0 Å². The monoisotopic (exact) mass is 274 g/mol. The Bertz CT molecular complexity index is 342. The molecule has 0 aromatic rings. The molecule has 18 heavy (non-hydrogen) atoms. The molecule has 1 aliphatic carbocycles. The first kappa shape index (κ1) is 14.3. The lowest BCUT2D eigenvalue weighted by atomic mass is 9.84. The largest absolute Gasteiger partial charge is 0.315 e. The van der Waals surface area contributed by atoms with Gasteiger partial charge in [0.2, 0.25) is 10.0 Å². The van der Waals surface area contributed by atoms with Gasteiger partial charge in [0.15, 0.2) is 0 Å². The van der Waals surface area contributed by atoms with Gasteiger partial charge in [-0.1, -0.05) is 19.8 Å². The van der Waals surface area contributed by atoms with E-state index in [1.165, 1.54) is 25.7 Å². The van der Waals surface area contributed by atoms with Crippen LogP contribution in [0.15, 0.2) is 0 Å². The third kappa shape index (κ3) is 3.68. The predicted octanol–water partition coefficient (Wildman–Crippen LogP) is 1.63. The molecule has 0 aromatic carbocycles. The number of sulfonamides is 1. The van der Waals surface area contributed by atoms with Crippen LogP contribution in [0.3, 0.4) is 0 Å². The van der Waals surface area contributed by atoms with Gasteiger partial charge in [-0.2, -0.15) is 0 Å². The summed E-state index contributed by atoms with van der Waals surface area (Å²) in [5, 5.41) is 2.90. The molecule has 2 N–H and O–H groups in total. The van der Waals surface area contributed by atoms with Crippen LogP contribution >= 0.6 is 0 Å². The fourth-order valence-corrected chi connectivity index (χ4v) is 4.86. The number of nitrogens with one attached hydrogen (secondary N) is 2. The van der Waals surface area contributed by atoms with Gasteiger partial charge in [-0.3, -0.25) is 0 Å². The molecule has 0 radical (unpaired) electrons. The average Bonchev–Trinajstić information content (AvgIpc) is 2.86. The first-order chi connectivity index (χ1) is 8.62. The zero-order chi connectivity index (χ0) is 13.0. The summed E-state index contributed by atoms with van der Waals surface area (Å²) in [5.41, 5.74) is 0. The van der Waals surface area contributed by atoms with Crippen molar-refractivity contribution in [3.05, 3.63) is 0 Å². The molecule has 1 atom stereocenters. The lowest BCUT2D eigenvalue weighted by Gasteiger charge is -2.29. The fraction of sp³-hybridized carbons (Fsp3) is 1.00. The lowest BCUT2D eigenvalue weighted by molar-refractivity contribution is 0.297. The van der Waals surface area contributed by atoms with Crippen LogP contribution in [0, 0.1) is 5.92 Å². The molecule has 1 saturated heterocycles. The van der Waals surface area contributed by atoms with Crippen molar-refractivity contribution in [2.24, 2.45) is 5.92 Å². The highest BCUT2D eigenvalue weighted by Gasteiger charge is 2.31. The smallest absolute Gasteiger partial charge is 0.216 e. The Morgan fingerprint density at radius 3 is 2.44 bits per heavy atom. The topological polar surface area (TPSA) is 58.2 Å². The zero-order valence-electron chi connectivity index (χ0n) is 11.3. The van der Waals surface area contributed by atoms with Gasteiger partial charge in [0.05, 0.1) is 5.25 Å². The summed E-state index contributed by atoms with van der Waals surface area (Å²) in [6.07, 6.45) is 7.70. The molecule has 2 fully saturated rings. The van der Waals surface area contributed by atoms with Gasteiger partial charge in [-0.15, -0.1) is 0 Å². The fourth-order valence-electron chi connectivity index (χ4n) is 3.20.